The average Bonchev–Trinajstić information content (AvgIpc) is 2.73. The molecular weight excluding hydrogens is 268 g/mol. The molecule has 9 heteroatoms. The third-order valence-corrected chi connectivity index (χ3v) is 3.47. The molecule has 0 spiro atoms. The van der Waals surface area contributed by atoms with Gasteiger partial charge >= 0.3 is 0 Å². The first-order valence-corrected chi connectivity index (χ1v) is 6.25. The summed E-state index contributed by atoms with van der Waals surface area (Å²) in [5.41, 5.74) is -0.552. The van der Waals surface area contributed by atoms with Gasteiger partial charge in [-0.1, -0.05) is 11.6 Å². The van der Waals surface area contributed by atoms with Crippen molar-refractivity contribution in [2.75, 3.05) is 4.72 Å². The molecule has 0 aliphatic heterocycles. The summed E-state index contributed by atoms with van der Waals surface area (Å²) in [5, 5.41) is -0.202. The van der Waals surface area contributed by atoms with Crippen molar-refractivity contribution >= 4 is 27.6 Å². The number of sulfonamides is 1. The molecule has 0 radical (unpaired) electrons. The van der Waals surface area contributed by atoms with Crippen LogP contribution in [0.3, 0.4) is 0 Å². The number of hydrogen-bond donors (Lipinski definition) is 3. The predicted molar refractivity (Wildman–Crippen MR) is 61.5 cm³/mol. The van der Waals surface area contributed by atoms with Crippen molar-refractivity contribution in [1.82, 2.24) is 15.0 Å². The van der Waals surface area contributed by atoms with Crippen LogP contribution in [0.15, 0.2) is 34.3 Å². The molecular formula is C8H7ClN4O3S. The molecule has 0 atom stereocenters. The van der Waals surface area contributed by atoms with E-state index in [0.29, 0.717) is 0 Å². The highest BCUT2D eigenvalue weighted by molar-refractivity contribution is 7.92. The Morgan fingerprint density at radius 3 is 2.71 bits per heavy atom. The Kier molecular flexibility index (Phi) is 2.90. The minimum Gasteiger partial charge on any atom is -0.330 e. The highest BCUT2D eigenvalue weighted by Gasteiger charge is 2.16. The third-order valence-electron chi connectivity index (χ3n) is 1.87. The van der Waals surface area contributed by atoms with Gasteiger partial charge in [-0.25, -0.2) is 18.1 Å². The zero-order chi connectivity index (χ0) is 12.5. The van der Waals surface area contributed by atoms with Crippen LogP contribution in [0, 0.1) is 0 Å². The van der Waals surface area contributed by atoms with Crippen molar-refractivity contribution in [2.24, 2.45) is 0 Å². The summed E-state index contributed by atoms with van der Waals surface area (Å²) in [6.45, 7) is 0. The first-order valence-electron chi connectivity index (χ1n) is 4.39. The lowest BCUT2D eigenvalue weighted by molar-refractivity contribution is 0.600. The van der Waals surface area contributed by atoms with Gasteiger partial charge in [0.05, 0.1) is 0 Å². The number of halogens is 1. The van der Waals surface area contributed by atoms with E-state index in [2.05, 4.69) is 19.7 Å². The van der Waals surface area contributed by atoms with E-state index in [4.69, 9.17) is 11.6 Å². The number of nitrogens with zero attached hydrogens (tertiary/aromatic N) is 1. The highest BCUT2D eigenvalue weighted by Crippen LogP contribution is 2.13. The van der Waals surface area contributed by atoms with Gasteiger partial charge in [0.25, 0.3) is 15.6 Å². The largest absolute Gasteiger partial charge is 0.330 e. The molecule has 0 unspecified atom stereocenters. The summed E-state index contributed by atoms with van der Waals surface area (Å²) in [4.78, 5) is 19.4. The summed E-state index contributed by atoms with van der Waals surface area (Å²) >= 11 is 5.54. The van der Waals surface area contributed by atoms with Gasteiger partial charge in [-0.05, 0) is 6.07 Å². The Morgan fingerprint density at radius 2 is 2.12 bits per heavy atom. The molecule has 17 heavy (non-hydrogen) atoms. The molecule has 2 aromatic rings. The maximum absolute atomic E-state index is 11.8. The molecule has 0 fully saturated rings. The molecule has 7 nitrogen and oxygen atoms in total. The molecule has 0 saturated heterocycles. The number of imidazole rings is 1. The molecule has 0 amide bonds. The molecule has 0 bridgehead atoms. The summed E-state index contributed by atoms with van der Waals surface area (Å²) in [6.07, 6.45) is 3.93. The summed E-state index contributed by atoms with van der Waals surface area (Å²) < 4.78 is 25.8. The molecule has 2 aromatic heterocycles. The zero-order valence-corrected chi connectivity index (χ0v) is 9.84. The lowest BCUT2D eigenvalue weighted by Gasteiger charge is -2.04. The Morgan fingerprint density at radius 1 is 1.35 bits per heavy atom. The standard InChI is InChI=1S/C8H7ClN4O3S/c9-6-3-5(4-12-7(6)14)17(15,16)13-8-10-1-2-11-8/h1-4H,(H,12,14)(H2,10,11,13). The number of rotatable bonds is 3. The van der Waals surface area contributed by atoms with E-state index in [1.807, 2.05) is 0 Å². The molecule has 0 aromatic carbocycles. The second-order valence-corrected chi connectivity index (χ2v) is 5.15. The van der Waals surface area contributed by atoms with Crippen molar-refractivity contribution in [2.45, 2.75) is 4.90 Å². The zero-order valence-electron chi connectivity index (χ0n) is 8.27. The van der Waals surface area contributed by atoms with Gasteiger partial charge in [0, 0.05) is 18.6 Å². The molecule has 90 valence electrons. The van der Waals surface area contributed by atoms with E-state index >= 15 is 0 Å². The van der Waals surface area contributed by atoms with Crippen molar-refractivity contribution in [3.05, 3.63) is 40.0 Å². The number of hydrogen-bond acceptors (Lipinski definition) is 4. The first-order chi connectivity index (χ1) is 7.99. The average molecular weight is 275 g/mol. The van der Waals surface area contributed by atoms with Crippen molar-refractivity contribution in [3.63, 3.8) is 0 Å². The van der Waals surface area contributed by atoms with Crippen LogP contribution in [0.25, 0.3) is 0 Å². The van der Waals surface area contributed by atoms with Gasteiger partial charge in [-0.3, -0.25) is 4.79 Å². The third kappa shape index (κ3) is 2.48. The van der Waals surface area contributed by atoms with Gasteiger partial charge in [0.1, 0.15) is 9.92 Å². The van der Waals surface area contributed by atoms with Crippen molar-refractivity contribution < 1.29 is 8.42 Å². The quantitative estimate of drug-likeness (QED) is 0.759. The number of anilines is 1. The maximum atomic E-state index is 11.8. The smallest absolute Gasteiger partial charge is 0.266 e. The SMILES string of the molecule is O=c1[nH]cc(S(=O)(=O)Nc2ncc[nH]2)cc1Cl. The van der Waals surface area contributed by atoms with E-state index < -0.39 is 15.6 Å². The van der Waals surface area contributed by atoms with Gasteiger partial charge in [0.2, 0.25) is 5.95 Å². The summed E-state index contributed by atoms with van der Waals surface area (Å²) in [5.74, 6) is 0.0762. The minimum absolute atomic E-state index is 0.0762. The van der Waals surface area contributed by atoms with Crippen LogP contribution in [-0.2, 0) is 10.0 Å². The van der Waals surface area contributed by atoms with E-state index in [0.717, 1.165) is 12.3 Å². The van der Waals surface area contributed by atoms with Crippen LogP contribution < -0.4 is 10.3 Å². The Balaban J connectivity index is 2.38. The first kappa shape index (κ1) is 11.7. The normalized spacial score (nSPS) is 11.4. The molecule has 2 heterocycles. The lowest BCUT2D eigenvalue weighted by Crippen LogP contribution is -2.16. The number of pyridine rings is 1. The summed E-state index contributed by atoms with van der Waals surface area (Å²) in [7, 11) is -3.82. The van der Waals surface area contributed by atoms with Crippen LogP contribution in [0.2, 0.25) is 5.02 Å². The van der Waals surface area contributed by atoms with Crippen LogP contribution in [0.1, 0.15) is 0 Å². The number of aromatic nitrogens is 3. The number of H-pyrrole nitrogens is 2. The van der Waals surface area contributed by atoms with Crippen LogP contribution in [-0.4, -0.2) is 23.4 Å². The fourth-order valence-electron chi connectivity index (χ4n) is 1.10. The topological polar surface area (TPSA) is 108 Å². The monoisotopic (exact) mass is 274 g/mol. The fourth-order valence-corrected chi connectivity index (χ4v) is 2.31. The highest BCUT2D eigenvalue weighted by atomic mass is 35.5. The Labute approximate surface area is 101 Å². The molecule has 0 saturated carbocycles. The Hall–Kier alpha value is -1.80. The van der Waals surface area contributed by atoms with Gasteiger partial charge in [0.15, 0.2) is 0 Å². The number of nitrogens with one attached hydrogen (secondary N) is 3. The van der Waals surface area contributed by atoms with Crippen molar-refractivity contribution in [1.29, 1.82) is 0 Å². The van der Waals surface area contributed by atoms with Crippen LogP contribution in [0.4, 0.5) is 5.95 Å². The summed E-state index contributed by atoms with van der Waals surface area (Å²) in [6, 6.07) is 1.06. The van der Waals surface area contributed by atoms with E-state index in [-0.39, 0.29) is 15.9 Å². The lowest BCUT2D eigenvalue weighted by atomic mass is 10.5. The van der Waals surface area contributed by atoms with Crippen LogP contribution in [0.5, 0.6) is 0 Å². The van der Waals surface area contributed by atoms with Crippen LogP contribution >= 0.6 is 11.6 Å². The molecule has 2 rings (SSSR count). The molecule has 0 aliphatic rings. The predicted octanol–water partition coefficient (Wildman–Crippen LogP) is 0.552. The fraction of sp³-hybridized carbons (Fsp3) is 0. The van der Waals surface area contributed by atoms with Crippen molar-refractivity contribution in [3.8, 4) is 0 Å². The Bertz CT molecular complexity index is 677. The second-order valence-electron chi connectivity index (χ2n) is 3.06. The number of aromatic amines is 2. The van der Waals surface area contributed by atoms with E-state index in [1.54, 1.807) is 0 Å². The minimum atomic E-state index is -3.82. The van der Waals surface area contributed by atoms with E-state index in [9.17, 15) is 13.2 Å². The maximum Gasteiger partial charge on any atom is 0.266 e. The second kappa shape index (κ2) is 4.22. The van der Waals surface area contributed by atoms with Gasteiger partial charge in [-0.15, -0.1) is 0 Å². The van der Waals surface area contributed by atoms with Gasteiger partial charge < -0.3 is 9.97 Å². The van der Waals surface area contributed by atoms with E-state index in [1.165, 1.54) is 12.4 Å². The van der Waals surface area contributed by atoms with Gasteiger partial charge in [-0.2, -0.15) is 0 Å². The molecule has 0 aliphatic carbocycles. The molecule has 3 N–H and O–H groups in total.